The quantitative estimate of drug-likeness (QED) is 0.146. The van der Waals surface area contributed by atoms with Crippen molar-refractivity contribution in [2.75, 3.05) is 23.5 Å². The first-order valence-electron chi connectivity index (χ1n) is 11.7. The molecule has 0 spiro atoms. The van der Waals surface area contributed by atoms with Crippen molar-refractivity contribution in [2.45, 2.75) is 13.3 Å². The van der Waals surface area contributed by atoms with Gasteiger partial charge in [-0.25, -0.2) is 4.90 Å². The Morgan fingerprint density at radius 2 is 1.82 bits per heavy atom. The minimum atomic E-state index is -0.809. The van der Waals surface area contributed by atoms with Crippen molar-refractivity contribution in [3.05, 3.63) is 86.4 Å². The zero-order valence-electron chi connectivity index (χ0n) is 20.7. The highest BCUT2D eigenvalue weighted by molar-refractivity contribution is 6.36. The summed E-state index contributed by atoms with van der Waals surface area (Å²) < 4.78 is 10.8. The number of methoxy groups -OCH3 is 1. The first-order valence-corrected chi connectivity index (χ1v) is 12.1. The molecule has 0 unspecified atom stereocenters. The number of ether oxygens (including phenoxy) is 2. The standard InChI is InChI=1S/C27H20ClN3O8/c1-14-10-17(7-8-19(14)30-25(33)18-4-3-5-20(31(36)37)24(18)26(30)34)39-27(35)15-11-23(32)29(13-15)21-12-16(28)6-9-22(21)38-2/h3-10,12,15H,11,13H2,1-2H3/t15-/m1/s1. The van der Waals surface area contributed by atoms with E-state index in [1.807, 2.05) is 0 Å². The van der Waals surface area contributed by atoms with Crippen molar-refractivity contribution in [3.8, 4) is 11.5 Å². The number of nitro benzene ring substituents is 1. The Morgan fingerprint density at radius 3 is 2.51 bits per heavy atom. The molecular formula is C27H20ClN3O8. The van der Waals surface area contributed by atoms with E-state index in [0.29, 0.717) is 22.0 Å². The lowest BCUT2D eigenvalue weighted by Crippen LogP contribution is -2.30. The Kier molecular flexibility index (Phi) is 6.52. The SMILES string of the molecule is COc1ccc(Cl)cc1N1C[C@H](C(=O)Oc2ccc(N3C(=O)c4cccc([N+](=O)[O-])c4C3=O)c(C)c2)CC1=O. The van der Waals surface area contributed by atoms with Gasteiger partial charge in [-0.1, -0.05) is 17.7 Å². The average molecular weight is 550 g/mol. The molecule has 39 heavy (non-hydrogen) atoms. The predicted octanol–water partition coefficient (Wildman–Crippen LogP) is 4.32. The summed E-state index contributed by atoms with van der Waals surface area (Å²) in [6, 6.07) is 13.0. The number of nitro groups is 1. The molecule has 0 radical (unpaired) electrons. The van der Waals surface area contributed by atoms with Gasteiger partial charge in [0.15, 0.2) is 0 Å². The fourth-order valence-electron chi connectivity index (χ4n) is 4.75. The van der Waals surface area contributed by atoms with Crippen LogP contribution in [0.25, 0.3) is 0 Å². The summed E-state index contributed by atoms with van der Waals surface area (Å²) >= 11 is 6.09. The van der Waals surface area contributed by atoms with Crippen LogP contribution in [0, 0.1) is 23.0 Å². The van der Waals surface area contributed by atoms with E-state index in [1.165, 1.54) is 48.4 Å². The molecular weight excluding hydrogens is 530 g/mol. The molecule has 3 amide bonds. The zero-order chi connectivity index (χ0) is 28.0. The van der Waals surface area contributed by atoms with Crippen molar-refractivity contribution in [1.29, 1.82) is 0 Å². The van der Waals surface area contributed by atoms with Gasteiger partial charge in [-0.3, -0.25) is 29.3 Å². The van der Waals surface area contributed by atoms with Crippen LogP contribution in [0.2, 0.25) is 5.02 Å². The number of halogens is 1. The molecule has 2 heterocycles. The number of amides is 3. The highest BCUT2D eigenvalue weighted by atomic mass is 35.5. The van der Waals surface area contributed by atoms with E-state index < -0.39 is 34.3 Å². The van der Waals surface area contributed by atoms with Crippen LogP contribution in [-0.2, 0) is 9.59 Å². The molecule has 1 fully saturated rings. The fraction of sp³-hybridized carbons (Fsp3) is 0.185. The van der Waals surface area contributed by atoms with Crippen LogP contribution in [0.4, 0.5) is 17.1 Å². The van der Waals surface area contributed by atoms with E-state index in [1.54, 1.807) is 25.1 Å². The van der Waals surface area contributed by atoms with Crippen LogP contribution in [0.15, 0.2) is 54.6 Å². The summed E-state index contributed by atoms with van der Waals surface area (Å²) in [7, 11) is 1.47. The highest BCUT2D eigenvalue weighted by Gasteiger charge is 2.42. The third kappa shape index (κ3) is 4.46. The Morgan fingerprint density at radius 1 is 1.05 bits per heavy atom. The number of carbonyl (C=O) groups is 4. The second-order valence-electron chi connectivity index (χ2n) is 8.99. The largest absolute Gasteiger partial charge is 0.495 e. The molecule has 0 saturated carbocycles. The van der Waals surface area contributed by atoms with E-state index in [-0.39, 0.29) is 41.4 Å². The smallest absolute Gasteiger partial charge is 0.316 e. The molecule has 0 N–H and O–H groups in total. The third-order valence-corrected chi connectivity index (χ3v) is 6.84. The zero-order valence-corrected chi connectivity index (χ0v) is 21.4. The van der Waals surface area contributed by atoms with E-state index in [9.17, 15) is 29.3 Å². The molecule has 5 rings (SSSR count). The number of hydrogen-bond acceptors (Lipinski definition) is 8. The minimum absolute atomic E-state index is 0.0594. The number of anilines is 2. The normalized spacial score (nSPS) is 16.5. The number of hydrogen-bond donors (Lipinski definition) is 0. The summed E-state index contributed by atoms with van der Waals surface area (Å²) in [5, 5.41) is 11.8. The molecule has 12 heteroatoms. The third-order valence-electron chi connectivity index (χ3n) is 6.61. The van der Waals surface area contributed by atoms with Gasteiger partial charge in [-0.15, -0.1) is 0 Å². The predicted molar refractivity (Wildman–Crippen MR) is 140 cm³/mol. The number of benzene rings is 3. The lowest BCUT2D eigenvalue weighted by atomic mass is 10.1. The molecule has 198 valence electrons. The number of rotatable bonds is 6. The Balaban J connectivity index is 1.33. The van der Waals surface area contributed by atoms with Crippen molar-refractivity contribution in [1.82, 2.24) is 0 Å². The molecule has 11 nitrogen and oxygen atoms in total. The molecule has 3 aromatic carbocycles. The summed E-state index contributed by atoms with van der Waals surface area (Å²) in [6.45, 7) is 1.68. The number of aryl methyl sites for hydroxylation is 1. The number of imide groups is 1. The number of fused-ring (bicyclic) bond motifs is 1. The van der Waals surface area contributed by atoms with Crippen molar-refractivity contribution < 1.29 is 33.6 Å². The van der Waals surface area contributed by atoms with Gasteiger partial charge in [0.05, 0.1) is 34.9 Å². The van der Waals surface area contributed by atoms with Crippen LogP contribution >= 0.6 is 11.6 Å². The second-order valence-corrected chi connectivity index (χ2v) is 9.43. The molecule has 2 aliphatic rings. The highest BCUT2D eigenvalue weighted by Crippen LogP contribution is 2.38. The number of carbonyl (C=O) groups excluding carboxylic acids is 4. The maximum atomic E-state index is 13.0. The van der Waals surface area contributed by atoms with Crippen LogP contribution in [0.3, 0.4) is 0 Å². The molecule has 0 bridgehead atoms. The van der Waals surface area contributed by atoms with Gasteiger partial charge in [0.2, 0.25) is 5.91 Å². The van der Waals surface area contributed by atoms with E-state index in [0.717, 1.165) is 4.90 Å². The van der Waals surface area contributed by atoms with Crippen molar-refractivity contribution >= 4 is 52.4 Å². The van der Waals surface area contributed by atoms with Gasteiger partial charge >= 0.3 is 5.97 Å². The van der Waals surface area contributed by atoms with Gasteiger partial charge in [0, 0.05) is 24.1 Å². The van der Waals surface area contributed by atoms with E-state index in [4.69, 9.17) is 21.1 Å². The number of nitrogens with zero attached hydrogens (tertiary/aromatic N) is 3. The average Bonchev–Trinajstić information content (AvgIpc) is 3.41. The van der Waals surface area contributed by atoms with Gasteiger partial charge in [0.1, 0.15) is 17.1 Å². The Labute approximate surface area is 226 Å². The van der Waals surface area contributed by atoms with Crippen LogP contribution in [-0.4, -0.2) is 42.3 Å². The number of esters is 1. The Bertz CT molecular complexity index is 1590. The van der Waals surface area contributed by atoms with Gasteiger partial charge in [-0.2, -0.15) is 0 Å². The van der Waals surface area contributed by atoms with Crippen LogP contribution in [0.5, 0.6) is 11.5 Å². The van der Waals surface area contributed by atoms with Gasteiger partial charge in [0.25, 0.3) is 17.5 Å². The summed E-state index contributed by atoms with van der Waals surface area (Å²) in [5.41, 5.74) is 0.291. The molecule has 0 aromatic heterocycles. The molecule has 1 atom stereocenters. The lowest BCUT2D eigenvalue weighted by Gasteiger charge is -2.20. The maximum absolute atomic E-state index is 13.0. The van der Waals surface area contributed by atoms with E-state index >= 15 is 0 Å². The van der Waals surface area contributed by atoms with Crippen LogP contribution in [0.1, 0.15) is 32.7 Å². The monoisotopic (exact) mass is 549 g/mol. The van der Waals surface area contributed by atoms with Crippen molar-refractivity contribution in [3.63, 3.8) is 0 Å². The lowest BCUT2D eigenvalue weighted by molar-refractivity contribution is -0.385. The fourth-order valence-corrected chi connectivity index (χ4v) is 4.92. The van der Waals surface area contributed by atoms with Gasteiger partial charge < -0.3 is 14.4 Å². The summed E-state index contributed by atoms with van der Waals surface area (Å²) in [5.74, 6) is -2.58. The van der Waals surface area contributed by atoms with Gasteiger partial charge in [-0.05, 0) is 55.0 Å². The minimum Gasteiger partial charge on any atom is -0.495 e. The van der Waals surface area contributed by atoms with Crippen molar-refractivity contribution in [2.24, 2.45) is 5.92 Å². The molecule has 3 aromatic rings. The summed E-state index contributed by atoms with van der Waals surface area (Å²) in [6.07, 6.45) is -0.0701. The first kappa shape index (κ1) is 25.9. The van der Waals surface area contributed by atoms with Crippen LogP contribution < -0.4 is 19.3 Å². The maximum Gasteiger partial charge on any atom is 0.316 e. The molecule has 1 saturated heterocycles. The molecule has 2 aliphatic heterocycles. The topological polar surface area (TPSA) is 136 Å². The molecule has 0 aliphatic carbocycles. The second kappa shape index (κ2) is 9.84. The first-order chi connectivity index (χ1) is 18.6. The Hall–Kier alpha value is -4.77. The van der Waals surface area contributed by atoms with E-state index in [2.05, 4.69) is 0 Å². The summed E-state index contributed by atoms with van der Waals surface area (Å²) in [4.78, 5) is 64.6.